The van der Waals surface area contributed by atoms with E-state index < -0.39 is 6.04 Å². The van der Waals surface area contributed by atoms with E-state index in [-0.39, 0.29) is 35.6 Å². The third-order valence-electron chi connectivity index (χ3n) is 6.97. The molecule has 1 aromatic heterocycles. The van der Waals surface area contributed by atoms with Crippen LogP contribution in [0.15, 0.2) is 16.8 Å². The summed E-state index contributed by atoms with van der Waals surface area (Å²) >= 11 is 1.52. The molecular weight excluding hydrogens is 390 g/mol. The number of thiophene rings is 1. The number of carbonyl (C=O) groups is 3. The van der Waals surface area contributed by atoms with Crippen LogP contribution in [-0.4, -0.2) is 83.9 Å². The second-order valence-corrected chi connectivity index (χ2v) is 9.40. The van der Waals surface area contributed by atoms with Crippen molar-refractivity contribution < 1.29 is 19.1 Å². The largest absolute Gasteiger partial charge is 0.378 e. The van der Waals surface area contributed by atoms with Crippen LogP contribution >= 0.6 is 11.3 Å². The Morgan fingerprint density at radius 3 is 2.66 bits per heavy atom. The van der Waals surface area contributed by atoms with E-state index in [1.807, 2.05) is 31.5 Å². The maximum absolute atomic E-state index is 13.5. The van der Waals surface area contributed by atoms with Crippen molar-refractivity contribution in [3.63, 3.8) is 0 Å². The van der Waals surface area contributed by atoms with Crippen molar-refractivity contribution in [3.05, 3.63) is 22.4 Å². The van der Waals surface area contributed by atoms with Gasteiger partial charge in [0.15, 0.2) is 0 Å². The van der Waals surface area contributed by atoms with Gasteiger partial charge in [-0.15, -0.1) is 0 Å². The van der Waals surface area contributed by atoms with Gasteiger partial charge in [0.25, 0.3) is 5.91 Å². The molecule has 0 aliphatic carbocycles. The molecule has 4 saturated heterocycles. The molecule has 3 amide bonds. The standard InChI is InChI=1S/C21H27N3O4S/c25-18-3-1-2-17-15-10-16(12-23(11-15)20(26)14-4-9-29-13-14)19(24(17)18)21(27)22-5-7-28-8-6-22/h4,9,13,15-17,19H,1-3,5-8,10-12H2/t15-,16+,17-,19+/m0/s1. The van der Waals surface area contributed by atoms with Gasteiger partial charge in [0.1, 0.15) is 6.04 Å². The fourth-order valence-electron chi connectivity index (χ4n) is 5.68. The summed E-state index contributed by atoms with van der Waals surface area (Å²) in [5.41, 5.74) is 0.725. The first-order valence-corrected chi connectivity index (χ1v) is 11.6. The van der Waals surface area contributed by atoms with Crippen LogP contribution in [0.25, 0.3) is 0 Å². The van der Waals surface area contributed by atoms with Gasteiger partial charge in [0.05, 0.1) is 18.8 Å². The lowest BCUT2D eigenvalue weighted by Crippen LogP contribution is -2.69. The molecule has 0 N–H and O–H groups in total. The monoisotopic (exact) mass is 417 g/mol. The molecule has 0 radical (unpaired) electrons. The summed E-state index contributed by atoms with van der Waals surface area (Å²) in [6, 6.07) is 1.49. The predicted molar refractivity (Wildman–Crippen MR) is 107 cm³/mol. The van der Waals surface area contributed by atoms with E-state index >= 15 is 0 Å². The summed E-state index contributed by atoms with van der Waals surface area (Å²) in [5, 5.41) is 3.81. The number of morpholine rings is 1. The highest BCUT2D eigenvalue weighted by Crippen LogP contribution is 2.42. The molecule has 29 heavy (non-hydrogen) atoms. The lowest BCUT2D eigenvalue weighted by molar-refractivity contribution is -0.166. The van der Waals surface area contributed by atoms with Gasteiger partial charge in [0, 0.05) is 49.9 Å². The molecule has 0 unspecified atom stereocenters. The Bertz CT molecular complexity index is 792. The number of likely N-dealkylation sites (tertiary alicyclic amines) is 1. The lowest BCUT2D eigenvalue weighted by Gasteiger charge is -2.56. The summed E-state index contributed by atoms with van der Waals surface area (Å²) in [6.45, 7) is 3.48. The van der Waals surface area contributed by atoms with Gasteiger partial charge in [-0.2, -0.15) is 11.3 Å². The van der Waals surface area contributed by atoms with Gasteiger partial charge in [-0.3, -0.25) is 14.4 Å². The zero-order chi connectivity index (χ0) is 20.0. The maximum Gasteiger partial charge on any atom is 0.254 e. The minimum Gasteiger partial charge on any atom is -0.378 e. The van der Waals surface area contributed by atoms with Crippen LogP contribution < -0.4 is 0 Å². The van der Waals surface area contributed by atoms with Gasteiger partial charge in [0.2, 0.25) is 11.8 Å². The number of amides is 3. The number of carbonyl (C=O) groups excluding carboxylic acids is 3. The number of hydrogen-bond acceptors (Lipinski definition) is 5. The Labute approximate surface area is 174 Å². The van der Waals surface area contributed by atoms with Crippen LogP contribution in [-0.2, 0) is 14.3 Å². The molecular formula is C21H27N3O4S. The molecule has 2 bridgehead atoms. The molecule has 5 heterocycles. The van der Waals surface area contributed by atoms with Gasteiger partial charge < -0.3 is 19.4 Å². The van der Waals surface area contributed by atoms with E-state index in [1.165, 1.54) is 11.3 Å². The normalized spacial score (nSPS) is 32.1. The zero-order valence-corrected chi connectivity index (χ0v) is 17.3. The van der Waals surface area contributed by atoms with E-state index in [0.29, 0.717) is 45.8 Å². The summed E-state index contributed by atoms with van der Waals surface area (Å²) in [5.74, 6) is 0.468. The minimum absolute atomic E-state index is 0.00461. The van der Waals surface area contributed by atoms with Crippen LogP contribution in [0.4, 0.5) is 0 Å². The average Bonchev–Trinajstić information content (AvgIpc) is 3.29. The first-order valence-electron chi connectivity index (χ1n) is 10.6. The van der Waals surface area contributed by atoms with E-state index in [4.69, 9.17) is 4.74 Å². The number of ether oxygens (including phenoxy) is 1. The second kappa shape index (κ2) is 7.72. The van der Waals surface area contributed by atoms with Crippen LogP contribution in [0, 0.1) is 11.8 Å². The van der Waals surface area contributed by atoms with Crippen LogP contribution in [0.2, 0.25) is 0 Å². The van der Waals surface area contributed by atoms with Crippen molar-refractivity contribution in [2.24, 2.45) is 11.8 Å². The first-order chi connectivity index (χ1) is 14.1. The SMILES string of the molecule is O=C(c1ccsc1)N1C[C@@H]2C[C@H](C1)[C@H](C(=O)N1CCOCC1)N1C(=O)CCC[C@@H]21. The molecule has 4 atom stereocenters. The molecule has 4 aliphatic heterocycles. The summed E-state index contributed by atoms with van der Waals surface area (Å²) in [6.07, 6.45) is 3.25. The topological polar surface area (TPSA) is 70.2 Å². The van der Waals surface area contributed by atoms with Crippen molar-refractivity contribution in [1.82, 2.24) is 14.7 Å². The van der Waals surface area contributed by atoms with Crippen molar-refractivity contribution in [3.8, 4) is 0 Å². The van der Waals surface area contributed by atoms with Crippen LogP contribution in [0.5, 0.6) is 0 Å². The molecule has 4 fully saturated rings. The summed E-state index contributed by atoms with van der Waals surface area (Å²) in [4.78, 5) is 45.2. The van der Waals surface area contributed by atoms with E-state index in [9.17, 15) is 14.4 Å². The molecule has 8 heteroatoms. The van der Waals surface area contributed by atoms with E-state index in [2.05, 4.69) is 0 Å². The Hall–Kier alpha value is -1.93. The van der Waals surface area contributed by atoms with Crippen molar-refractivity contribution in [1.29, 1.82) is 0 Å². The van der Waals surface area contributed by atoms with Gasteiger partial charge in [-0.1, -0.05) is 0 Å². The molecule has 0 spiro atoms. The predicted octanol–water partition coefficient (Wildman–Crippen LogP) is 1.45. The minimum atomic E-state index is -0.444. The highest BCUT2D eigenvalue weighted by Gasteiger charge is 2.53. The van der Waals surface area contributed by atoms with E-state index in [0.717, 1.165) is 24.8 Å². The molecule has 0 aromatic carbocycles. The highest BCUT2D eigenvalue weighted by molar-refractivity contribution is 7.08. The third-order valence-corrected chi connectivity index (χ3v) is 7.66. The highest BCUT2D eigenvalue weighted by atomic mass is 32.1. The summed E-state index contributed by atoms with van der Waals surface area (Å²) in [7, 11) is 0. The fraction of sp³-hybridized carbons (Fsp3) is 0.667. The molecule has 4 aliphatic rings. The Balaban J connectivity index is 1.44. The van der Waals surface area contributed by atoms with Crippen molar-refractivity contribution >= 4 is 29.1 Å². The van der Waals surface area contributed by atoms with Crippen molar-refractivity contribution in [2.75, 3.05) is 39.4 Å². The number of rotatable bonds is 2. The van der Waals surface area contributed by atoms with Crippen LogP contribution in [0.1, 0.15) is 36.0 Å². The number of hydrogen-bond donors (Lipinski definition) is 0. The maximum atomic E-state index is 13.5. The quantitative estimate of drug-likeness (QED) is 0.730. The Morgan fingerprint density at radius 1 is 1.10 bits per heavy atom. The molecule has 7 nitrogen and oxygen atoms in total. The number of piperidine rings is 3. The number of nitrogens with zero attached hydrogens (tertiary/aromatic N) is 3. The molecule has 156 valence electrons. The Morgan fingerprint density at radius 2 is 1.90 bits per heavy atom. The first kappa shape index (κ1) is 19.1. The molecule has 1 aromatic rings. The molecule has 0 saturated carbocycles. The van der Waals surface area contributed by atoms with Crippen molar-refractivity contribution in [2.45, 2.75) is 37.8 Å². The van der Waals surface area contributed by atoms with Crippen LogP contribution in [0.3, 0.4) is 0 Å². The van der Waals surface area contributed by atoms with Gasteiger partial charge >= 0.3 is 0 Å². The average molecular weight is 418 g/mol. The van der Waals surface area contributed by atoms with Gasteiger partial charge in [-0.25, -0.2) is 0 Å². The van der Waals surface area contributed by atoms with E-state index in [1.54, 1.807) is 0 Å². The fourth-order valence-corrected chi connectivity index (χ4v) is 6.31. The summed E-state index contributed by atoms with van der Waals surface area (Å²) < 4.78 is 5.41. The Kier molecular flexibility index (Phi) is 5.07. The zero-order valence-electron chi connectivity index (χ0n) is 16.5. The second-order valence-electron chi connectivity index (χ2n) is 8.62. The lowest BCUT2D eigenvalue weighted by atomic mass is 9.71. The molecule has 5 rings (SSSR count). The number of fused-ring (bicyclic) bond motifs is 4. The van der Waals surface area contributed by atoms with Gasteiger partial charge in [-0.05, 0) is 36.6 Å². The smallest absolute Gasteiger partial charge is 0.254 e. The third kappa shape index (κ3) is 3.36.